The van der Waals surface area contributed by atoms with Gasteiger partial charge in [0.25, 0.3) is 5.91 Å². The van der Waals surface area contributed by atoms with Gasteiger partial charge in [0.05, 0.1) is 4.90 Å². The highest BCUT2D eigenvalue weighted by Gasteiger charge is 2.38. The van der Waals surface area contributed by atoms with E-state index in [4.69, 9.17) is 0 Å². The average Bonchev–Trinajstić information content (AvgIpc) is 3.12. The van der Waals surface area contributed by atoms with E-state index in [1.54, 1.807) is 33.5 Å². The van der Waals surface area contributed by atoms with Crippen molar-refractivity contribution in [2.45, 2.75) is 37.2 Å². The summed E-state index contributed by atoms with van der Waals surface area (Å²) in [7, 11) is -3.48. The molecule has 0 aromatic heterocycles. The maximum Gasteiger partial charge on any atom is 0.260 e. The summed E-state index contributed by atoms with van der Waals surface area (Å²) in [5, 5.41) is 3.46. The number of aryl methyl sites for hydroxylation is 1. The summed E-state index contributed by atoms with van der Waals surface area (Å²) in [5.74, 6) is -0.0540. The third kappa shape index (κ3) is 3.92. The Morgan fingerprint density at radius 1 is 0.848 bits per heavy atom. The number of nitrogens with one attached hydrogen (secondary N) is 1. The Bertz CT molecular complexity index is 1280. The van der Waals surface area contributed by atoms with Crippen molar-refractivity contribution in [3.05, 3.63) is 89.5 Å². The minimum atomic E-state index is -3.48. The molecule has 1 saturated heterocycles. The molecule has 0 bridgehead atoms. The molecule has 0 aliphatic carbocycles. The van der Waals surface area contributed by atoms with Crippen LogP contribution in [0.5, 0.6) is 0 Å². The van der Waals surface area contributed by atoms with Crippen molar-refractivity contribution in [3.8, 4) is 0 Å². The van der Waals surface area contributed by atoms with Crippen LogP contribution in [-0.4, -0.2) is 31.7 Å². The van der Waals surface area contributed by atoms with Gasteiger partial charge in [0, 0.05) is 35.6 Å². The summed E-state index contributed by atoms with van der Waals surface area (Å²) >= 11 is 0. The summed E-state index contributed by atoms with van der Waals surface area (Å²) in [4.78, 5) is 15.4. The maximum absolute atomic E-state index is 13.3. The number of rotatable bonds is 5. The van der Waals surface area contributed by atoms with Crippen molar-refractivity contribution < 1.29 is 13.2 Å². The van der Waals surface area contributed by atoms with Gasteiger partial charge in [0.2, 0.25) is 10.0 Å². The number of piperidine rings is 1. The molecule has 2 aliphatic heterocycles. The number of sulfonamides is 1. The number of nitrogens with zero attached hydrogens (tertiary/aromatic N) is 2. The molecule has 0 saturated carbocycles. The molecule has 1 N–H and O–H groups in total. The molecule has 170 valence electrons. The van der Waals surface area contributed by atoms with Gasteiger partial charge in [-0.1, -0.05) is 42.8 Å². The largest absolute Gasteiger partial charge is 0.361 e. The first kappa shape index (κ1) is 21.7. The highest BCUT2D eigenvalue weighted by molar-refractivity contribution is 7.89. The van der Waals surface area contributed by atoms with Crippen LogP contribution in [0.25, 0.3) is 0 Å². The monoisotopic (exact) mass is 461 g/mol. The smallest absolute Gasteiger partial charge is 0.260 e. The second-order valence-electron chi connectivity index (χ2n) is 8.58. The lowest BCUT2D eigenvalue weighted by Gasteiger charge is -2.29. The minimum Gasteiger partial charge on any atom is -0.361 e. The summed E-state index contributed by atoms with van der Waals surface area (Å²) < 4.78 is 27.5. The van der Waals surface area contributed by atoms with Crippen molar-refractivity contribution in [1.29, 1.82) is 0 Å². The van der Waals surface area contributed by atoms with E-state index >= 15 is 0 Å². The number of anilines is 2. The van der Waals surface area contributed by atoms with Gasteiger partial charge in [-0.3, -0.25) is 9.69 Å². The molecule has 2 heterocycles. The molecule has 1 amide bonds. The van der Waals surface area contributed by atoms with Gasteiger partial charge in [0.1, 0.15) is 6.17 Å². The minimum absolute atomic E-state index is 0.0540. The highest BCUT2D eigenvalue weighted by Crippen LogP contribution is 2.39. The Morgan fingerprint density at radius 3 is 2.24 bits per heavy atom. The van der Waals surface area contributed by atoms with Crippen molar-refractivity contribution >= 4 is 27.3 Å². The molecule has 6 nitrogen and oxygen atoms in total. The summed E-state index contributed by atoms with van der Waals surface area (Å²) in [5.41, 5.74) is 4.17. The summed E-state index contributed by atoms with van der Waals surface area (Å²) in [6.45, 7) is 3.15. The van der Waals surface area contributed by atoms with E-state index in [9.17, 15) is 13.2 Å². The lowest BCUT2D eigenvalue weighted by atomic mass is 10.1. The standard InChI is InChI=1S/C26H27N3O3S/c1-19-9-3-6-12-24(19)29-25(22-10-4-5-11-23(22)26(29)30)27-20-13-15-21(16-14-20)33(31,32)28-17-7-2-8-18-28/h3-6,9-16,25,27H,2,7-8,17-18H2,1H3. The molecule has 0 radical (unpaired) electrons. The normalized spacial score (nSPS) is 18.9. The topological polar surface area (TPSA) is 69.7 Å². The maximum atomic E-state index is 13.3. The van der Waals surface area contributed by atoms with Gasteiger partial charge >= 0.3 is 0 Å². The zero-order chi connectivity index (χ0) is 23.0. The zero-order valence-electron chi connectivity index (χ0n) is 18.6. The van der Waals surface area contributed by atoms with Crippen LogP contribution in [0, 0.1) is 6.92 Å². The van der Waals surface area contributed by atoms with Gasteiger partial charge in [-0.2, -0.15) is 4.31 Å². The first-order valence-electron chi connectivity index (χ1n) is 11.3. The summed E-state index contributed by atoms with van der Waals surface area (Å²) in [6, 6.07) is 22.3. The second kappa shape index (κ2) is 8.65. The molecular formula is C26H27N3O3S. The van der Waals surface area contributed by atoms with Crippen LogP contribution in [0.15, 0.2) is 77.7 Å². The number of carbonyl (C=O) groups is 1. The number of fused-ring (bicyclic) bond motifs is 1. The van der Waals surface area contributed by atoms with Crippen LogP contribution in [0.4, 0.5) is 11.4 Å². The number of para-hydroxylation sites is 1. The van der Waals surface area contributed by atoms with E-state index in [0.717, 1.165) is 41.8 Å². The predicted octanol–water partition coefficient (Wildman–Crippen LogP) is 4.94. The first-order valence-corrected chi connectivity index (χ1v) is 12.8. The highest BCUT2D eigenvalue weighted by atomic mass is 32.2. The van der Waals surface area contributed by atoms with E-state index in [-0.39, 0.29) is 12.1 Å². The second-order valence-corrected chi connectivity index (χ2v) is 10.5. The number of hydrogen-bond acceptors (Lipinski definition) is 4. The molecule has 2 aliphatic rings. The van der Waals surface area contributed by atoms with Crippen molar-refractivity contribution in [2.24, 2.45) is 0 Å². The van der Waals surface area contributed by atoms with Crippen LogP contribution in [0.1, 0.15) is 46.9 Å². The van der Waals surface area contributed by atoms with Crippen LogP contribution in [0.2, 0.25) is 0 Å². The van der Waals surface area contributed by atoms with E-state index < -0.39 is 10.0 Å². The quantitative estimate of drug-likeness (QED) is 0.584. The van der Waals surface area contributed by atoms with Crippen LogP contribution in [0.3, 0.4) is 0 Å². The number of benzene rings is 3. The van der Waals surface area contributed by atoms with E-state index in [1.807, 2.05) is 55.5 Å². The molecule has 7 heteroatoms. The summed E-state index contributed by atoms with van der Waals surface area (Å²) in [6.07, 6.45) is 2.50. The molecule has 1 fully saturated rings. The Kier molecular flexibility index (Phi) is 5.68. The molecular weight excluding hydrogens is 434 g/mol. The van der Waals surface area contributed by atoms with Gasteiger partial charge in [0.15, 0.2) is 0 Å². The Balaban J connectivity index is 1.45. The van der Waals surface area contributed by atoms with Crippen molar-refractivity contribution in [3.63, 3.8) is 0 Å². The number of carbonyl (C=O) groups excluding carboxylic acids is 1. The molecule has 3 aromatic carbocycles. The molecule has 3 aromatic rings. The Morgan fingerprint density at radius 2 is 1.52 bits per heavy atom. The average molecular weight is 462 g/mol. The molecule has 0 spiro atoms. The SMILES string of the molecule is Cc1ccccc1N1C(=O)c2ccccc2C1Nc1ccc(S(=O)(=O)N2CCCCC2)cc1. The van der Waals surface area contributed by atoms with Crippen LogP contribution >= 0.6 is 0 Å². The third-order valence-corrected chi connectivity index (χ3v) is 8.36. The molecule has 5 rings (SSSR count). The van der Waals surface area contributed by atoms with E-state index in [1.165, 1.54) is 0 Å². The van der Waals surface area contributed by atoms with Crippen molar-refractivity contribution in [1.82, 2.24) is 4.31 Å². The Hall–Kier alpha value is -3.16. The fraction of sp³-hybridized carbons (Fsp3) is 0.269. The van der Waals surface area contributed by atoms with Gasteiger partial charge in [-0.15, -0.1) is 0 Å². The molecule has 1 atom stereocenters. The number of hydrogen-bond donors (Lipinski definition) is 1. The van der Waals surface area contributed by atoms with E-state index in [2.05, 4.69) is 5.32 Å². The molecule has 1 unspecified atom stereocenters. The predicted molar refractivity (Wildman–Crippen MR) is 130 cm³/mol. The third-order valence-electron chi connectivity index (χ3n) is 6.45. The fourth-order valence-electron chi connectivity index (χ4n) is 4.68. The van der Waals surface area contributed by atoms with Gasteiger partial charge in [-0.25, -0.2) is 8.42 Å². The number of amides is 1. The lowest BCUT2D eigenvalue weighted by Crippen LogP contribution is -2.35. The van der Waals surface area contributed by atoms with E-state index in [0.29, 0.717) is 23.5 Å². The first-order chi connectivity index (χ1) is 16.0. The van der Waals surface area contributed by atoms with Crippen LogP contribution in [-0.2, 0) is 10.0 Å². The fourth-order valence-corrected chi connectivity index (χ4v) is 6.19. The zero-order valence-corrected chi connectivity index (χ0v) is 19.4. The van der Waals surface area contributed by atoms with Gasteiger partial charge < -0.3 is 5.32 Å². The van der Waals surface area contributed by atoms with Crippen molar-refractivity contribution in [2.75, 3.05) is 23.3 Å². The lowest BCUT2D eigenvalue weighted by molar-refractivity contribution is 0.0992. The van der Waals surface area contributed by atoms with Gasteiger partial charge in [-0.05, 0) is 61.7 Å². The Labute approximate surface area is 194 Å². The molecule has 33 heavy (non-hydrogen) atoms. The van der Waals surface area contributed by atoms with Crippen LogP contribution < -0.4 is 10.2 Å².